The monoisotopic (exact) mass is 280 g/mol. The lowest BCUT2D eigenvalue weighted by Gasteiger charge is -2.37. The average molecular weight is 280 g/mol. The standard InChI is InChI=1S/C13H23F3N2O/c1-2-5-18(6-7-19-13(14,15)16)12-8-10-3-4-11(9-12)17-10/h10-12,17H,2-9H2,1H3. The SMILES string of the molecule is CCCN(CCOC(F)(F)F)C1CC2CCC(C1)N2. The Kier molecular flexibility index (Phi) is 5.09. The third kappa shape index (κ3) is 4.61. The molecule has 2 aliphatic heterocycles. The van der Waals surface area contributed by atoms with Crippen LogP contribution in [-0.2, 0) is 4.74 Å². The number of hydrogen-bond acceptors (Lipinski definition) is 3. The maximum Gasteiger partial charge on any atom is 0.522 e. The molecule has 2 fully saturated rings. The van der Waals surface area contributed by atoms with Gasteiger partial charge in [0, 0.05) is 24.7 Å². The topological polar surface area (TPSA) is 24.5 Å². The van der Waals surface area contributed by atoms with Gasteiger partial charge in [-0.1, -0.05) is 6.92 Å². The van der Waals surface area contributed by atoms with E-state index in [1.165, 1.54) is 12.8 Å². The number of fused-ring (bicyclic) bond motifs is 2. The molecule has 0 aromatic heterocycles. The van der Waals surface area contributed by atoms with E-state index in [4.69, 9.17) is 0 Å². The molecule has 0 spiro atoms. The Morgan fingerprint density at radius 3 is 2.32 bits per heavy atom. The van der Waals surface area contributed by atoms with Crippen LogP contribution in [0, 0.1) is 0 Å². The zero-order chi connectivity index (χ0) is 13.9. The lowest BCUT2D eigenvalue weighted by Crippen LogP contribution is -2.49. The fourth-order valence-corrected chi connectivity index (χ4v) is 3.37. The van der Waals surface area contributed by atoms with Crippen LogP contribution in [0.4, 0.5) is 13.2 Å². The zero-order valence-corrected chi connectivity index (χ0v) is 11.4. The summed E-state index contributed by atoms with van der Waals surface area (Å²) < 4.78 is 40.0. The number of piperidine rings is 1. The highest BCUT2D eigenvalue weighted by Gasteiger charge is 2.36. The van der Waals surface area contributed by atoms with E-state index in [2.05, 4.69) is 21.9 Å². The molecule has 0 aromatic rings. The van der Waals surface area contributed by atoms with Crippen molar-refractivity contribution in [3.8, 4) is 0 Å². The molecule has 112 valence electrons. The minimum Gasteiger partial charge on any atom is -0.311 e. The van der Waals surface area contributed by atoms with Gasteiger partial charge in [-0.2, -0.15) is 0 Å². The van der Waals surface area contributed by atoms with Gasteiger partial charge in [-0.3, -0.25) is 9.64 Å². The van der Waals surface area contributed by atoms with Gasteiger partial charge in [0.25, 0.3) is 0 Å². The molecule has 2 aliphatic rings. The lowest BCUT2D eigenvalue weighted by molar-refractivity contribution is -0.325. The second-order valence-corrected chi connectivity index (χ2v) is 5.59. The van der Waals surface area contributed by atoms with E-state index in [0.29, 0.717) is 24.7 Å². The normalized spacial score (nSPS) is 31.1. The van der Waals surface area contributed by atoms with Crippen LogP contribution in [0.25, 0.3) is 0 Å². The Labute approximate surface area is 112 Å². The number of nitrogens with one attached hydrogen (secondary N) is 1. The third-order valence-corrected chi connectivity index (χ3v) is 4.12. The Morgan fingerprint density at radius 1 is 1.16 bits per heavy atom. The van der Waals surface area contributed by atoms with Crippen molar-refractivity contribution >= 4 is 0 Å². The summed E-state index contributed by atoms with van der Waals surface area (Å²) in [5, 5.41) is 3.56. The molecule has 2 rings (SSSR count). The largest absolute Gasteiger partial charge is 0.522 e. The molecule has 19 heavy (non-hydrogen) atoms. The van der Waals surface area contributed by atoms with E-state index in [1.807, 2.05) is 0 Å². The van der Waals surface area contributed by atoms with Crippen LogP contribution in [-0.4, -0.2) is 49.1 Å². The summed E-state index contributed by atoms with van der Waals surface area (Å²) in [6, 6.07) is 1.54. The number of nitrogens with zero attached hydrogens (tertiary/aromatic N) is 1. The molecule has 2 heterocycles. The molecular formula is C13H23F3N2O. The van der Waals surface area contributed by atoms with Crippen LogP contribution in [0.3, 0.4) is 0 Å². The number of alkyl halides is 3. The maximum absolute atomic E-state index is 12.0. The summed E-state index contributed by atoms with van der Waals surface area (Å²) >= 11 is 0. The predicted molar refractivity (Wildman–Crippen MR) is 66.8 cm³/mol. The molecule has 0 aromatic carbocycles. The van der Waals surface area contributed by atoms with Crippen molar-refractivity contribution in [2.24, 2.45) is 0 Å². The minimum atomic E-state index is -4.51. The highest BCUT2D eigenvalue weighted by molar-refractivity contribution is 4.95. The van der Waals surface area contributed by atoms with E-state index in [9.17, 15) is 13.2 Å². The Balaban J connectivity index is 1.81. The molecular weight excluding hydrogens is 257 g/mol. The fraction of sp³-hybridized carbons (Fsp3) is 1.00. The van der Waals surface area contributed by atoms with Crippen LogP contribution >= 0.6 is 0 Å². The van der Waals surface area contributed by atoms with Gasteiger partial charge in [0.15, 0.2) is 0 Å². The second-order valence-electron chi connectivity index (χ2n) is 5.59. The molecule has 2 bridgehead atoms. The van der Waals surface area contributed by atoms with Gasteiger partial charge in [0.05, 0.1) is 6.61 Å². The Bertz CT molecular complexity index is 274. The molecule has 3 nitrogen and oxygen atoms in total. The smallest absolute Gasteiger partial charge is 0.311 e. The van der Waals surface area contributed by atoms with Crippen LogP contribution in [0.2, 0.25) is 0 Å². The van der Waals surface area contributed by atoms with Crippen LogP contribution in [0.5, 0.6) is 0 Å². The first-order valence-corrected chi connectivity index (χ1v) is 7.18. The number of rotatable bonds is 6. The van der Waals surface area contributed by atoms with Gasteiger partial charge in [-0.25, -0.2) is 0 Å². The molecule has 0 amide bonds. The van der Waals surface area contributed by atoms with Crippen LogP contribution in [0.15, 0.2) is 0 Å². The zero-order valence-electron chi connectivity index (χ0n) is 11.4. The van der Waals surface area contributed by atoms with E-state index in [1.54, 1.807) is 0 Å². The molecule has 2 saturated heterocycles. The summed E-state index contributed by atoms with van der Waals surface area (Å²) in [4.78, 5) is 2.18. The first kappa shape index (κ1) is 15.1. The van der Waals surface area contributed by atoms with Gasteiger partial charge < -0.3 is 5.32 Å². The number of halogens is 3. The van der Waals surface area contributed by atoms with Crippen molar-refractivity contribution in [2.75, 3.05) is 19.7 Å². The minimum absolute atomic E-state index is 0.261. The first-order chi connectivity index (χ1) is 8.98. The van der Waals surface area contributed by atoms with Crippen LogP contribution in [0.1, 0.15) is 39.0 Å². The summed E-state index contributed by atoms with van der Waals surface area (Å²) in [5.41, 5.74) is 0. The molecule has 0 saturated carbocycles. The van der Waals surface area contributed by atoms with Crippen molar-refractivity contribution < 1.29 is 17.9 Å². The van der Waals surface area contributed by atoms with Gasteiger partial charge in [-0.15, -0.1) is 13.2 Å². The van der Waals surface area contributed by atoms with Crippen molar-refractivity contribution in [1.82, 2.24) is 10.2 Å². The molecule has 0 aliphatic carbocycles. The van der Waals surface area contributed by atoms with E-state index >= 15 is 0 Å². The maximum atomic E-state index is 12.0. The lowest BCUT2D eigenvalue weighted by atomic mass is 9.98. The molecule has 6 heteroatoms. The predicted octanol–water partition coefficient (Wildman–Crippen LogP) is 2.52. The van der Waals surface area contributed by atoms with Crippen molar-refractivity contribution in [3.05, 3.63) is 0 Å². The fourth-order valence-electron chi connectivity index (χ4n) is 3.37. The molecule has 0 radical (unpaired) electrons. The van der Waals surface area contributed by atoms with Gasteiger partial charge in [-0.05, 0) is 38.6 Å². The molecule has 2 unspecified atom stereocenters. The summed E-state index contributed by atoms with van der Waals surface area (Å²) in [6.45, 7) is 3.03. The Hall–Kier alpha value is -0.330. The van der Waals surface area contributed by atoms with Crippen molar-refractivity contribution in [3.63, 3.8) is 0 Å². The van der Waals surface area contributed by atoms with Gasteiger partial charge in [0.2, 0.25) is 0 Å². The van der Waals surface area contributed by atoms with E-state index in [-0.39, 0.29) is 6.61 Å². The van der Waals surface area contributed by atoms with Gasteiger partial charge in [0.1, 0.15) is 0 Å². The van der Waals surface area contributed by atoms with E-state index in [0.717, 1.165) is 25.8 Å². The number of hydrogen-bond donors (Lipinski definition) is 1. The van der Waals surface area contributed by atoms with Gasteiger partial charge >= 0.3 is 6.36 Å². The van der Waals surface area contributed by atoms with Crippen molar-refractivity contribution in [1.29, 1.82) is 0 Å². The summed E-state index contributed by atoms with van der Waals surface area (Å²) in [6.07, 6.45) is 0.988. The first-order valence-electron chi connectivity index (χ1n) is 7.18. The van der Waals surface area contributed by atoms with Crippen LogP contribution < -0.4 is 5.32 Å². The molecule has 2 atom stereocenters. The summed E-state index contributed by atoms with van der Waals surface area (Å²) in [7, 11) is 0. The molecule has 1 N–H and O–H groups in total. The second kappa shape index (κ2) is 6.41. The third-order valence-electron chi connectivity index (χ3n) is 4.12. The number of ether oxygens (including phenoxy) is 1. The average Bonchev–Trinajstić information content (AvgIpc) is 2.66. The summed E-state index contributed by atoms with van der Waals surface area (Å²) in [5.74, 6) is 0. The highest BCUT2D eigenvalue weighted by atomic mass is 19.4. The quantitative estimate of drug-likeness (QED) is 0.809. The van der Waals surface area contributed by atoms with E-state index < -0.39 is 6.36 Å². The Morgan fingerprint density at radius 2 is 1.79 bits per heavy atom. The highest BCUT2D eigenvalue weighted by Crippen LogP contribution is 2.30. The van der Waals surface area contributed by atoms with Crippen molar-refractivity contribution in [2.45, 2.75) is 63.5 Å².